The fraction of sp³-hybridized carbons (Fsp3) is 0.500. The zero-order chi connectivity index (χ0) is 22.8. The molecule has 2 aromatic heterocycles. The summed E-state index contributed by atoms with van der Waals surface area (Å²) in [4.78, 5) is 20.9. The lowest BCUT2D eigenvalue weighted by Crippen LogP contribution is -2.38. The van der Waals surface area contributed by atoms with E-state index in [2.05, 4.69) is 87.4 Å². The van der Waals surface area contributed by atoms with Gasteiger partial charge in [-0.2, -0.15) is 0 Å². The van der Waals surface area contributed by atoms with Crippen LogP contribution in [0.15, 0.2) is 36.5 Å². The molecule has 4 heteroatoms. The highest BCUT2D eigenvalue weighted by molar-refractivity contribution is 5.82. The Morgan fingerprint density at radius 2 is 1.84 bits per heavy atom. The molecule has 2 unspecified atom stereocenters. The van der Waals surface area contributed by atoms with Crippen LogP contribution in [0.2, 0.25) is 0 Å². The van der Waals surface area contributed by atoms with E-state index in [1.807, 2.05) is 0 Å². The highest BCUT2D eigenvalue weighted by atomic mass is 16.2. The number of pyridine rings is 1. The van der Waals surface area contributed by atoms with Crippen LogP contribution in [0.4, 0.5) is 0 Å². The third kappa shape index (κ3) is 3.64. The number of carbonyl (C=O) groups is 1. The van der Waals surface area contributed by atoms with Gasteiger partial charge in [-0.1, -0.05) is 32.9 Å². The van der Waals surface area contributed by atoms with Gasteiger partial charge >= 0.3 is 0 Å². The molecule has 1 saturated carbocycles. The first-order valence-electron chi connectivity index (χ1n) is 11.9. The summed E-state index contributed by atoms with van der Waals surface area (Å²) in [6.45, 7) is 14.3. The van der Waals surface area contributed by atoms with Gasteiger partial charge in [-0.15, -0.1) is 0 Å². The number of amides is 1. The molecule has 32 heavy (non-hydrogen) atoms. The van der Waals surface area contributed by atoms with Crippen LogP contribution in [0.25, 0.3) is 16.9 Å². The normalized spacial score (nSPS) is 24.3. The zero-order valence-electron chi connectivity index (χ0n) is 20.3. The Morgan fingerprint density at radius 1 is 1.06 bits per heavy atom. The number of fused-ring (bicyclic) bond motifs is 3. The number of rotatable bonds is 3. The predicted molar refractivity (Wildman–Crippen MR) is 130 cm³/mol. The molecular weight excluding hydrogens is 394 g/mol. The van der Waals surface area contributed by atoms with E-state index in [-0.39, 0.29) is 11.3 Å². The summed E-state index contributed by atoms with van der Waals surface area (Å²) in [6.07, 6.45) is 5.89. The molecule has 0 N–H and O–H groups in total. The number of hydrogen-bond donors (Lipinski definition) is 0. The second-order valence-electron chi connectivity index (χ2n) is 11.6. The summed E-state index contributed by atoms with van der Waals surface area (Å²) in [5.74, 6) is 0.240. The second kappa shape index (κ2) is 7.19. The van der Waals surface area contributed by atoms with E-state index in [1.165, 1.54) is 23.1 Å². The molecule has 2 atom stereocenters. The molecular formula is C28H35N3O. The summed E-state index contributed by atoms with van der Waals surface area (Å²) in [6, 6.07) is 11.0. The smallest absolute Gasteiger partial charge is 0.228 e. The average Bonchev–Trinajstić information content (AvgIpc) is 3.16. The van der Waals surface area contributed by atoms with Gasteiger partial charge in [0.2, 0.25) is 5.91 Å². The standard InChI is InChI=1S/C28H35N3O/c1-18-9-10-30-23(26(29-24(30)11-18)21-8-7-19(2)20(3)12-21)13-25(32)31-17-28(6)15-22(31)14-27(4,5)16-28/h7-12,22H,13-17H2,1-6H3. The number of nitrogens with zero attached hydrogens (tertiary/aromatic N) is 3. The Bertz CT molecular complexity index is 1220. The Balaban J connectivity index is 1.54. The molecule has 1 aromatic carbocycles. The number of imidazole rings is 1. The van der Waals surface area contributed by atoms with Crippen molar-refractivity contribution in [2.75, 3.05) is 6.54 Å². The minimum absolute atomic E-state index is 0.240. The molecule has 3 heterocycles. The highest BCUT2D eigenvalue weighted by Gasteiger charge is 2.50. The molecule has 2 fully saturated rings. The molecule has 0 spiro atoms. The van der Waals surface area contributed by atoms with E-state index < -0.39 is 0 Å². The fourth-order valence-electron chi connectivity index (χ4n) is 6.48. The van der Waals surface area contributed by atoms with Gasteiger partial charge in [0.15, 0.2) is 0 Å². The summed E-state index contributed by atoms with van der Waals surface area (Å²) in [5.41, 5.74) is 8.17. The van der Waals surface area contributed by atoms with Gasteiger partial charge in [0, 0.05) is 24.3 Å². The van der Waals surface area contributed by atoms with E-state index in [0.717, 1.165) is 42.0 Å². The van der Waals surface area contributed by atoms with Crippen LogP contribution in [0.5, 0.6) is 0 Å². The Hall–Kier alpha value is -2.62. The quantitative estimate of drug-likeness (QED) is 0.520. The van der Waals surface area contributed by atoms with Crippen LogP contribution in [0.3, 0.4) is 0 Å². The maximum atomic E-state index is 13.7. The van der Waals surface area contributed by atoms with Crippen LogP contribution in [0, 0.1) is 31.6 Å². The van der Waals surface area contributed by atoms with Crippen molar-refractivity contribution < 1.29 is 4.79 Å². The van der Waals surface area contributed by atoms with Gasteiger partial charge in [-0.05, 0) is 85.8 Å². The minimum Gasteiger partial charge on any atom is -0.339 e. The van der Waals surface area contributed by atoms with Gasteiger partial charge in [0.05, 0.1) is 17.8 Å². The van der Waals surface area contributed by atoms with E-state index in [0.29, 0.717) is 17.9 Å². The van der Waals surface area contributed by atoms with Crippen molar-refractivity contribution in [1.29, 1.82) is 0 Å². The summed E-state index contributed by atoms with van der Waals surface area (Å²) < 4.78 is 2.11. The fourth-order valence-corrected chi connectivity index (χ4v) is 6.48. The maximum absolute atomic E-state index is 13.7. The molecule has 2 bridgehead atoms. The van der Waals surface area contributed by atoms with E-state index >= 15 is 0 Å². The summed E-state index contributed by atoms with van der Waals surface area (Å²) >= 11 is 0. The monoisotopic (exact) mass is 429 g/mol. The lowest BCUT2D eigenvalue weighted by atomic mass is 9.65. The third-order valence-electron chi connectivity index (χ3n) is 7.71. The molecule has 168 valence electrons. The van der Waals surface area contributed by atoms with Gasteiger partial charge in [-0.25, -0.2) is 4.98 Å². The highest BCUT2D eigenvalue weighted by Crippen LogP contribution is 2.52. The minimum atomic E-state index is 0.240. The SMILES string of the molecule is Cc1ccn2c(CC(=O)N3CC4(C)CC3CC(C)(C)C4)c(-c3ccc(C)c(C)c3)nc2c1. The Labute approximate surface area is 191 Å². The zero-order valence-corrected chi connectivity index (χ0v) is 20.3. The van der Waals surface area contributed by atoms with Crippen molar-refractivity contribution in [2.45, 2.75) is 73.3 Å². The van der Waals surface area contributed by atoms with Crippen LogP contribution in [0.1, 0.15) is 62.4 Å². The lowest BCUT2D eigenvalue weighted by molar-refractivity contribution is -0.131. The molecule has 1 saturated heterocycles. The van der Waals surface area contributed by atoms with Crippen molar-refractivity contribution in [2.24, 2.45) is 10.8 Å². The van der Waals surface area contributed by atoms with Crippen molar-refractivity contribution in [3.8, 4) is 11.3 Å². The first-order chi connectivity index (χ1) is 15.0. The number of benzene rings is 1. The summed E-state index contributed by atoms with van der Waals surface area (Å²) in [5, 5.41) is 0. The van der Waals surface area contributed by atoms with E-state index in [1.54, 1.807) is 0 Å². The molecule has 1 aliphatic heterocycles. The Morgan fingerprint density at radius 3 is 2.59 bits per heavy atom. The lowest BCUT2D eigenvalue weighted by Gasteiger charge is -2.39. The maximum Gasteiger partial charge on any atom is 0.228 e. The van der Waals surface area contributed by atoms with Crippen molar-refractivity contribution in [3.63, 3.8) is 0 Å². The Kier molecular flexibility index (Phi) is 4.77. The third-order valence-corrected chi connectivity index (χ3v) is 7.71. The van der Waals surface area contributed by atoms with Crippen molar-refractivity contribution >= 4 is 11.6 Å². The molecule has 0 radical (unpaired) electrons. The predicted octanol–water partition coefficient (Wildman–Crippen LogP) is 5.90. The van der Waals surface area contributed by atoms with Crippen LogP contribution in [-0.2, 0) is 11.2 Å². The van der Waals surface area contributed by atoms with Crippen molar-refractivity contribution in [1.82, 2.24) is 14.3 Å². The molecule has 5 rings (SSSR count). The van der Waals surface area contributed by atoms with Crippen LogP contribution < -0.4 is 0 Å². The van der Waals surface area contributed by atoms with Gasteiger partial charge in [0.1, 0.15) is 5.65 Å². The van der Waals surface area contributed by atoms with Crippen molar-refractivity contribution in [3.05, 3.63) is 58.9 Å². The first-order valence-corrected chi connectivity index (χ1v) is 11.9. The largest absolute Gasteiger partial charge is 0.339 e. The number of carbonyl (C=O) groups excluding carboxylic acids is 1. The number of likely N-dealkylation sites (tertiary alicyclic amines) is 1. The topological polar surface area (TPSA) is 37.6 Å². The van der Waals surface area contributed by atoms with E-state index in [9.17, 15) is 4.79 Å². The molecule has 1 aliphatic carbocycles. The van der Waals surface area contributed by atoms with Gasteiger partial charge < -0.3 is 9.30 Å². The van der Waals surface area contributed by atoms with E-state index in [4.69, 9.17) is 4.98 Å². The molecule has 3 aromatic rings. The number of aryl methyl sites for hydroxylation is 3. The van der Waals surface area contributed by atoms with Crippen LogP contribution >= 0.6 is 0 Å². The number of aromatic nitrogens is 2. The van der Waals surface area contributed by atoms with Gasteiger partial charge in [-0.3, -0.25) is 4.79 Å². The molecule has 2 aliphatic rings. The number of hydrogen-bond acceptors (Lipinski definition) is 2. The first kappa shape index (κ1) is 21.2. The van der Waals surface area contributed by atoms with Crippen LogP contribution in [-0.4, -0.2) is 32.8 Å². The average molecular weight is 430 g/mol. The molecule has 4 nitrogen and oxygen atoms in total. The molecule has 1 amide bonds. The van der Waals surface area contributed by atoms with Gasteiger partial charge in [0.25, 0.3) is 0 Å². The second-order valence-corrected chi connectivity index (χ2v) is 11.6. The summed E-state index contributed by atoms with van der Waals surface area (Å²) in [7, 11) is 0.